The van der Waals surface area contributed by atoms with Crippen molar-refractivity contribution in [2.24, 2.45) is 0 Å². The van der Waals surface area contributed by atoms with Gasteiger partial charge in [0.15, 0.2) is 0 Å². The molecule has 0 amide bonds. The first-order valence-electron chi connectivity index (χ1n) is 7.02. The first-order chi connectivity index (χ1) is 8.57. The van der Waals surface area contributed by atoms with Crippen LogP contribution in [0.3, 0.4) is 0 Å². The molecule has 106 valence electrons. The maximum atomic E-state index is 11.2. The smallest absolute Gasteiger partial charge is 0.333 e. The number of rotatable bonds is 11. The zero-order valence-corrected chi connectivity index (χ0v) is 12.2. The summed E-state index contributed by atoms with van der Waals surface area (Å²) in [5.74, 6) is -0.342. The van der Waals surface area contributed by atoms with E-state index in [9.17, 15) is 4.79 Å². The summed E-state index contributed by atoms with van der Waals surface area (Å²) in [5.41, 5.74) is 0.428. The molecule has 1 unspecified atom stereocenters. The van der Waals surface area contributed by atoms with E-state index in [2.05, 4.69) is 13.5 Å². The highest BCUT2D eigenvalue weighted by Crippen LogP contribution is 2.05. The molecule has 0 rings (SSSR count). The fourth-order valence-corrected chi connectivity index (χ4v) is 1.55. The average molecular weight is 256 g/mol. The average Bonchev–Trinajstić information content (AvgIpc) is 2.32. The fraction of sp³-hybridized carbons (Fsp3) is 0.800. The largest absolute Gasteiger partial charge is 0.457 e. The van der Waals surface area contributed by atoms with Gasteiger partial charge in [-0.1, -0.05) is 45.6 Å². The van der Waals surface area contributed by atoms with Crippen molar-refractivity contribution in [3.63, 3.8) is 0 Å². The Balaban J connectivity index is 3.32. The van der Waals surface area contributed by atoms with Gasteiger partial charge in [-0.3, -0.25) is 0 Å². The van der Waals surface area contributed by atoms with Gasteiger partial charge in [-0.25, -0.2) is 4.79 Å². The molecule has 0 aromatic rings. The molecule has 0 aliphatic heterocycles. The number of esters is 1. The number of ether oxygens (including phenoxy) is 2. The maximum absolute atomic E-state index is 11.2. The lowest BCUT2D eigenvalue weighted by Gasteiger charge is -2.13. The van der Waals surface area contributed by atoms with Crippen molar-refractivity contribution in [1.29, 1.82) is 0 Å². The van der Waals surface area contributed by atoms with Gasteiger partial charge in [-0.2, -0.15) is 0 Å². The van der Waals surface area contributed by atoms with Crippen LogP contribution in [0.2, 0.25) is 0 Å². The molecular weight excluding hydrogens is 228 g/mol. The molecular formula is C15H28O3. The molecule has 0 saturated heterocycles. The maximum Gasteiger partial charge on any atom is 0.333 e. The standard InChI is InChI=1S/C15H28O3/c1-5-6-7-8-9-10-11-17-12-14(4)18-15(16)13(2)3/h14H,2,5-12H2,1,3-4H3. The van der Waals surface area contributed by atoms with Crippen LogP contribution in [0.4, 0.5) is 0 Å². The minimum Gasteiger partial charge on any atom is -0.457 e. The number of unbranched alkanes of at least 4 members (excludes halogenated alkanes) is 5. The van der Waals surface area contributed by atoms with E-state index in [1.54, 1.807) is 6.92 Å². The summed E-state index contributed by atoms with van der Waals surface area (Å²) in [5, 5.41) is 0. The summed E-state index contributed by atoms with van der Waals surface area (Å²) in [7, 11) is 0. The second-order valence-corrected chi connectivity index (χ2v) is 4.84. The molecule has 0 bridgehead atoms. The Morgan fingerprint density at radius 1 is 1.17 bits per heavy atom. The number of carbonyl (C=O) groups is 1. The van der Waals surface area contributed by atoms with Crippen LogP contribution in [0.15, 0.2) is 12.2 Å². The highest BCUT2D eigenvalue weighted by atomic mass is 16.6. The van der Waals surface area contributed by atoms with Crippen LogP contribution in [0.5, 0.6) is 0 Å². The summed E-state index contributed by atoms with van der Waals surface area (Å²) in [4.78, 5) is 11.2. The monoisotopic (exact) mass is 256 g/mol. The molecule has 0 aliphatic carbocycles. The zero-order valence-electron chi connectivity index (χ0n) is 12.2. The molecule has 0 spiro atoms. The van der Waals surface area contributed by atoms with Gasteiger partial charge in [0.25, 0.3) is 0 Å². The van der Waals surface area contributed by atoms with Crippen LogP contribution in [0, 0.1) is 0 Å². The molecule has 0 aromatic heterocycles. The van der Waals surface area contributed by atoms with Crippen LogP contribution in [-0.4, -0.2) is 25.3 Å². The Morgan fingerprint density at radius 3 is 2.39 bits per heavy atom. The Labute approximate surface area is 112 Å². The van der Waals surface area contributed by atoms with E-state index in [0.717, 1.165) is 13.0 Å². The third kappa shape index (κ3) is 10.3. The number of hydrogen-bond donors (Lipinski definition) is 0. The van der Waals surface area contributed by atoms with Crippen molar-refractivity contribution in [1.82, 2.24) is 0 Å². The van der Waals surface area contributed by atoms with Crippen molar-refractivity contribution in [3.8, 4) is 0 Å². The molecule has 0 fully saturated rings. The second-order valence-electron chi connectivity index (χ2n) is 4.84. The normalized spacial score (nSPS) is 12.2. The van der Waals surface area contributed by atoms with Crippen molar-refractivity contribution in [2.45, 2.75) is 65.4 Å². The SMILES string of the molecule is C=C(C)C(=O)OC(C)COCCCCCCCC. The molecule has 3 heteroatoms. The summed E-state index contributed by atoms with van der Waals surface area (Å²) >= 11 is 0. The van der Waals surface area contributed by atoms with E-state index in [4.69, 9.17) is 9.47 Å². The van der Waals surface area contributed by atoms with E-state index in [1.807, 2.05) is 6.92 Å². The van der Waals surface area contributed by atoms with Crippen molar-refractivity contribution in [2.75, 3.05) is 13.2 Å². The van der Waals surface area contributed by atoms with Gasteiger partial charge >= 0.3 is 5.97 Å². The molecule has 18 heavy (non-hydrogen) atoms. The second kappa shape index (κ2) is 11.3. The molecule has 0 heterocycles. The molecule has 0 aliphatic rings. The lowest BCUT2D eigenvalue weighted by molar-refractivity contribution is -0.146. The van der Waals surface area contributed by atoms with Crippen molar-refractivity contribution < 1.29 is 14.3 Å². The van der Waals surface area contributed by atoms with Crippen LogP contribution < -0.4 is 0 Å². The Bertz CT molecular complexity index is 236. The lowest BCUT2D eigenvalue weighted by Crippen LogP contribution is -2.20. The third-order valence-electron chi connectivity index (χ3n) is 2.65. The Kier molecular flexibility index (Phi) is 10.8. The van der Waals surface area contributed by atoms with E-state index in [1.165, 1.54) is 32.1 Å². The summed E-state index contributed by atoms with van der Waals surface area (Å²) in [6.07, 6.45) is 7.33. The van der Waals surface area contributed by atoms with Gasteiger partial charge in [0.2, 0.25) is 0 Å². The minimum absolute atomic E-state index is 0.200. The minimum atomic E-state index is -0.342. The van der Waals surface area contributed by atoms with Gasteiger partial charge in [0.1, 0.15) is 6.10 Å². The van der Waals surface area contributed by atoms with Crippen LogP contribution in [0.25, 0.3) is 0 Å². The summed E-state index contributed by atoms with van der Waals surface area (Å²) in [6, 6.07) is 0. The van der Waals surface area contributed by atoms with Gasteiger partial charge in [0.05, 0.1) is 6.61 Å². The molecule has 3 nitrogen and oxygen atoms in total. The topological polar surface area (TPSA) is 35.5 Å². The third-order valence-corrected chi connectivity index (χ3v) is 2.65. The molecule has 0 saturated carbocycles. The first-order valence-corrected chi connectivity index (χ1v) is 7.02. The predicted octanol–water partition coefficient (Wildman–Crippen LogP) is 3.87. The number of carbonyl (C=O) groups excluding carboxylic acids is 1. The predicted molar refractivity (Wildman–Crippen MR) is 74.6 cm³/mol. The van der Waals surface area contributed by atoms with Crippen molar-refractivity contribution >= 4 is 5.97 Å². The Hall–Kier alpha value is -0.830. The molecule has 1 atom stereocenters. The highest BCUT2D eigenvalue weighted by molar-refractivity contribution is 5.87. The molecule has 0 aromatic carbocycles. The quantitative estimate of drug-likeness (QED) is 0.320. The van der Waals surface area contributed by atoms with E-state index < -0.39 is 0 Å². The molecule has 0 N–H and O–H groups in total. The summed E-state index contributed by atoms with van der Waals surface area (Å²) in [6.45, 7) is 10.5. The zero-order chi connectivity index (χ0) is 13.8. The van der Waals surface area contributed by atoms with E-state index in [0.29, 0.717) is 12.2 Å². The van der Waals surface area contributed by atoms with E-state index in [-0.39, 0.29) is 12.1 Å². The van der Waals surface area contributed by atoms with Crippen LogP contribution in [-0.2, 0) is 14.3 Å². The first kappa shape index (κ1) is 17.2. The van der Waals surface area contributed by atoms with E-state index >= 15 is 0 Å². The van der Waals surface area contributed by atoms with Crippen LogP contribution in [0.1, 0.15) is 59.3 Å². The van der Waals surface area contributed by atoms with Gasteiger partial charge in [0, 0.05) is 12.2 Å². The number of hydrogen-bond acceptors (Lipinski definition) is 3. The Morgan fingerprint density at radius 2 is 1.78 bits per heavy atom. The highest BCUT2D eigenvalue weighted by Gasteiger charge is 2.09. The van der Waals surface area contributed by atoms with Crippen LogP contribution >= 0.6 is 0 Å². The molecule has 0 radical (unpaired) electrons. The van der Waals surface area contributed by atoms with Crippen molar-refractivity contribution in [3.05, 3.63) is 12.2 Å². The van der Waals surface area contributed by atoms with Gasteiger partial charge in [-0.05, 0) is 20.3 Å². The fourth-order valence-electron chi connectivity index (χ4n) is 1.55. The summed E-state index contributed by atoms with van der Waals surface area (Å²) < 4.78 is 10.6. The van der Waals surface area contributed by atoms with Gasteiger partial charge in [-0.15, -0.1) is 0 Å². The lowest BCUT2D eigenvalue weighted by atomic mass is 10.1. The van der Waals surface area contributed by atoms with Gasteiger partial charge < -0.3 is 9.47 Å².